The van der Waals surface area contributed by atoms with Crippen LogP contribution in [0.15, 0.2) is 24.3 Å². The van der Waals surface area contributed by atoms with Crippen molar-refractivity contribution in [3.8, 4) is 0 Å². The summed E-state index contributed by atoms with van der Waals surface area (Å²) in [4.78, 5) is 11.9. The SMILES string of the molecule is CC(C)C(C)(CN)NC(=O)c1cccc(F)c1. The molecule has 1 rings (SSSR count). The molecule has 3 nitrogen and oxygen atoms in total. The van der Waals surface area contributed by atoms with E-state index in [1.54, 1.807) is 6.07 Å². The summed E-state index contributed by atoms with van der Waals surface area (Å²) in [6.07, 6.45) is 0. The van der Waals surface area contributed by atoms with Crippen molar-refractivity contribution >= 4 is 5.91 Å². The molecule has 0 aliphatic rings. The fourth-order valence-electron chi connectivity index (χ4n) is 1.39. The standard InChI is InChI=1S/C13H19FN2O/c1-9(2)13(3,8-15)16-12(17)10-5-4-6-11(14)7-10/h4-7,9H,8,15H2,1-3H3,(H,16,17). The van der Waals surface area contributed by atoms with Crippen LogP contribution in [0.4, 0.5) is 4.39 Å². The molecule has 1 amide bonds. The van der Waals surface area contributed by atoms with Crippen LogP contribution in [0.5, 0.6) is 0 Å². The first-order valence-electron chi connectivity index (χ1n) is 5.67. The van der Waals surface area contributed by atoms with E-state index < -0.39 is 11.4 Å². The molecule has 0 bridgehead atoms. The van der Waals surface area contributed by atoms with Crippen LogP contribution in [-0.2, 0) is 0 Å². The zero-order chi connectivity index (χ0) is 13.1. The van der Waals surface area contributed by atoms with Gasteiger partial charge in [-0.15, -0.1) is 0 Å². The van der Waals surface area contributed by atoms with Gasteiger partial charge in [0.05, 0.1) is 5.54 Å². The zero-order valence-electron chi connectivity index (χ0n) is 10.5. The summed E-state index contributed by atoms with van der Waals surface area (Å²) < 4.78 is 13.0. The first kappa shape index (κ1) is 13.6. The summed E-state index contributed by atoms with van der Waals surface area (Å²) in [5.74, 6) is -0.521. The third-order valence-electron chi connectivity index (χ3n) is 3.18. The molecule has 0 aliphatic heterocycles. The number of amides is 1. The molecule has 0 saturated heterocycles. The zero-order valence-corrected chi connectivity index (χ0v) is 10.5. The molecule has 17 heavy (non-hydrogen) atoms. The van der Waals surface area contributed by atoms with Crippen molar-refractivity contribution in [1.82, 2.24) is 5.32 Å². The largest absolute Gasteiger partial charge is 0.345 e. The van der Waals surface area contributed by atoms with Crippen molar-refractivity contribution in [2.24, 2.45) is 11.7 Å². The fraction of sp³-hybridized carbons (Fsp3) is 0.462. The minimum absolute atomic E-state index is 0.199. The van der Waals surface area contributed by atoms with Crippen molar-refractivity contribution < 1.29 is 9.18 Å². The maximum absolute atomic E-state index is 13.0. The number of nitrogens with one attached hydrogen (secondary N) is 1. The van der Waals surface area contributed by atoms with E-state index >= 15 is 0 Å². The first-order chi connectivity index (χ1) is 7.89. The molecular weight excluding hydrogens is 219 g/mol. The van der Waals surface area contributed by atoms with E-state index in [0.29, 0.717) is 12.1 Å². The number of carbonyl (C=O) groups is 1. The topological polar surface area (TPSA) is 55.1 Å². The Hall–Kier alpha value is -1.42. The molecule has 0 aromatic heterocycles. The van der Waals surface area contributed by atoms with Crippen LogP contribution in [0.3, 0.4) is 0 Å². The number of rotatable bonds is 4. The summed E-state index contributed by atoms with van der Waals surface area (Å²) >= 11 is 0. The number of halogens is 1. The molecule has 0 aliphatic carbocycles. The minimum atomic E-state index is -0.483. The second-order valence-corrected chi connectivity index (χ2v) is 4.74. The smallest absolute Gasteiger partial charge is 0.251 e. The molecule has 0 fully saturated rings. The highest BCUT2D eigenvalue weighted by Crippen LogP contribution is 2.16. The van der Waals surface area contributed by atoms with E-state index in [4.69, 9.17) is 5.73 Å². The van der Waals surface area contributed by atoms with Crippen molar-refractivity contribution in [1.29, 1.82) is 0 Å². The van der Waals surface area contributed by atoms with Gasteiger partial charge in [-0.2, -0.15) is 0 Å². The highest BCUT2D eigenvalue weighted by molar-refractivity contribution is 5.94. The molecule has 3 N–H and O–H groups in total. The van der Waals surface area contributed by atoms with E-state index in [1.165, 1.54) is 18.2 Å². The Labute approximate surface area is 101 Å². The Morgan fingerprint density at radius 1 is 1.53 bits per heavy atom. The summed E-state index contributed by atoms with van der Waals surface area (Å²) in [5, 5.41) is 2.86. The lowest BCUT2D eigenvalue weighted by atomic mass is 9.88. The molecule has 0 radical (unpaired) electrons. The third kappa shape index (κ3) is 3.27. The number of nitrogens with two attached hydrogens (primary N) is 1. The molecule has 4 heteroatoms. The maximum atomic E-state index is 13.0. The van der Waals surface area contributed by atoms with Crippen LogP contribution in [-0.4, -0.2) is 18.0 Å². The molecule has 1 aromatic carbocycles. The summed E-state index contributed by atoms with van der Waals surface area (Å²) in [5.41, 5.74) is 5.50. The van der Waals surface area contributed by atoms with Gasteiger partial charge in [0.2, 0.25) is 0 Å². The molecule has 94 valence electrons. The molecule has 0 spiro atoms. The number of hydrogen-bond acceptors (Lipinski definition) is 2. The number of carbonyl (C=O) groups excluding carboxylic acids is 1. The van der Waals surface area contributed by atoms with Crippen LogP contribution in [0.1, 0.15) is 31.1 Å². The minimum Gasteiger partial charge on any atom is -0.345 e. The van der Waals surface area contributed by atoms with Crippen molar-refractivity contribution in [3.63, 3.8) is 0 Å². The Morgan fingerprint density at radius 2 is 2.18 bits per heavy atom. The van der Waals surface area contributed by atoms with E-state index in [1.807, 2.05) is 20.8 Å². The van der Waals surface area contributed by atoms with Gasteiger partial charge in [0, 0.05) is 12.1 Å². The molecule has 1 unspecified atom stereocenters. The molecule has 0 heterocycles. The number of benzene rings is 1. The average Bonchev–Trinajstić information content (AvgIpc) is 2.28. The molecule has 1 aromatic rings. The van der Waals surface area contributed by atoms with Crippen LogP contribution >= 0.6 is 0 Å². The highest BCUT2D eigenvalue weighted by atomic mass is 19.1. The van der Waals surface area contributed by atoms with E-state index in [0.717, 1.165) is 0 Å². The Kier molecular flexibility index (Phi) is 4.23. The van der Waals surface area contributed by atoms with Crippen LogP contribution < -0.4 is 11.1 Å². The summed E-state index contributed by atoms with van der Waals surface area (Å²) in [6.45, 7) is 6.19. The van der Waals surface area contributed by atoms with Crippen molar-refractivity contribution in [3.05, 3.63) is 35.6 Å². The van der Waals surface area contributed by atoms with Gasteiger partial charge >= 0.3 is 0 Å². The van der Waals surface area contributed by atoms with Crippen molar-refractivity contribution in [2.45, 2.75) is 26.3 Å². The first-order valence-corrected chi connectivity index (χ1v) is 5.67. The maximum Gasteiger partial charge on any atom is 0.251 e. The molecule has 0 saturated carbocycles. The lowest BCUT2D eigenvalue weighted by molar-refractivity contribution is 0.0882. The van der Waals surface area contributed by atoms with Gasteiger partial charge in [-0.25, -0.2) is 4.39 Å². The second kappa shape index (κ2) is 5.27. The monoisotopic (exact) mass is 238 g/mol. The lowest BCUT2D eigenvalue weighted by Crippen LogP contribution is -2.55. The van der Waals surface area contributed by atoms with Gasteiger partial charge in [-0.05, 0) is 31.0 Å². The van der Waals surface area contributed by atoms with Crippen LogP contribution in [0.2, 0.25) is 0 Å². The van der Waals surface area contributed by atoms with E-state index in [2.05, 4.69) is 5.32 Å². The highest BCUT2D eigenvalue weighted by Gasteiger charge is 2.28. The summed E-state index contributed by atoms with van der Waals surface area (Å²) in [7, 11) is 0. The van der Waals surface area contributed by atoms with E-state index in [-0.39, 0.29) is 11.8 Å². The molecule has 1 atom stereocenters. The van der Waals surface area contributed by atoms with Crippen LogP contribution in [0, 0.1) is 11.7 Å². The van der Waals surface area contributed by atoms with Gasteiger partial charge in [-0.3, -0.25) is 4.79 Å². The summed E-state index contributed by atoms with van der Waals surface area (Å²) in [6, 6.07) is 5.61. The quantitative estimate of drug-likeness (QED) is 0.842. The fourth-order valence-corrected chi connectivity index (χ4v) is 1.39. The van der Waals surface area contributed by atoms with Gasteiger partial charge < -0.3 is 11.1 Å². The van der Waals surface area contributed by atoms with E-state index in [9.17, 15) is 9.18 Å². The normalized spacial score (nSPS) is 14.5. The van der Waals surface area contributed by atoms with Gasteiger partial charge in [0.25, 0.3) is 5.91 Å². The predicted molar refractivity (Wildman–Crippen MR) is 66.2 cm³/mol. The van der Waals surface area contributed by atoms with Gasteiger partial charge in [0.15, 0.2) is 0 Å². The molecular formula is C13H19FN2O. The lowest BCUT2D eigenvalue weighted by Gasteiger charge is -2.33. The Bertz CT molecular complexity index is 406. The predicted octanol–water partition coefficient (Wildman–Crippen LogP) is 1.93. The van der Waals surface area contributed by atoms with Gasteiger partial charge in [0.1, 0.15) is 5.82 Å². The third-order valence-corrected chi connectivity index (χ3v) is 3.18. The Morgan fingerprint density at radius 3 is 2.65 bits per heavy atom. The second-order valence-electron chi connectivity index (χ2n) is 4.74. The number of hydrogen-bond donors (Lipinski definition) is 2. The van der Waals surface area contributed by atoms with Crippen molar-refractivity contribution in [2.75, 3.05) is 6.54 Å². The average molecular weight is 238 g/mol. The van der Waals surface area contributed by atoms with Gasteiger partial charge in [-0.1, -0.05) is 19.9 Å². The van der Waals surface area contributed by atoms with Crippen LogP contribution in [0.25, 0.3) is 0 Å². The Balaban J connectivity index is 2.85.